The molecule has 0 amide bonds. The highest BCUT2D eigenvalue weighted by atomic mass is 32.1. The molecule has 2 N–H and O–H groups in total. The number of nitrogens with zero attached hydrogens (tertiary/aromatic N) is 2. The van der Waals surface area contributed by atoms with Crippen molar-refractivity contribution in [3.8, 4) is 11.5 Å². The Morgan fingerprint density at radius 1 is 1.11 bits per heavy atom. The monoisotopic (exact) mass is 390 g/mol. The molecular formula is C20H30N4O2S. The highest BCUT2D eigenvalue weighted by Gasteiger charge is 2.16. The maximum atomic E-state index is 5.98. The second-order valence-electron chi connectivity index (χ2n) is 6.41. The summed E-state index contributed by atoms with van der Waals surface area (Å²) in [7, 11) is 7.60. The summed E-state index contributed by atoms with van der Waals surface area (Å²) in [6, 6.07) is 12.2. The molecule has 6 nitrogen and oxygen atoms in total. The average molecular weight is 391 g/mol. The number of thiophene rings is 1. The molecule has 148 valence electrons. The summed E-state index contributed by atoms with van der Waals surface area (Å²) < 4.78 is 11.3. The van der Waals surface area contributed by atoms with Crippen molar-refractivity contribution >= 4 is 17.3 Å². The molecule has 27 heavy (non-hydrogen) atoms. The van der Waals surface area contributed by atoms with E-state index in [1.807, 2.05) is 31.2 Å². The van der Waals surface area contributed by atoms with Crippen molar-refractivity contribution in [3.05, 3.63) is 46.7 Å². The molecule has 0 aliphatic carbocycles. The van der Waals surface area contributed by atoms with Crippen LogP contribution in [0.5, 0.6) is 11.5 Å². The van der Waals surface area contributed by atoms with Crippen molar-refractivity contribution in [1.82, 2.24) is 15.5 Å². The molecule has 2 aromatic rings. The topological polar surface area (TPSA) is 58.1 Å². The first-order valence-corrected chi connectivity index (χ1v) is 9.87. The van der Waals surface area contributed by atoms with Crippen molar-refractivity contribution in [1.29, 1.82) is 0 Å². The maximum Gasteiger partial charge on any atom is 0.191 e. The molecule has 0 aliphatic heterocycles. The van der Waals surface area contributed by atoms with Crippen LogP contribution in [0.3, 0.4) is 0 Å². The molecule has 1 aromatic carbocycles. The van der Waals surface area contributed by atoms with Crippen molar-refractivity contribution in [3.63, 3.8) is 0 Å². The Morgan fingerprint density at radius 3 is 2.41 bits per heavy atom. The molecule has 2 atom stereocenters. The summed E-state index contributed by atoms with van der Waals surface area (Å²) in [4.78, 5) is 7.85. The van der Waals surface area contributed by atoms with E-state index in [1.165, 1.54) is 4.88 Å². The number of hydrogen-bond donors (Lipinski definition) is 2. The number of aliphatic imine (C=N–C) groups is 1. The Hall–Kier alpha value is -2.25. The molecule has 0 saturated heterocycles. The number of hydrogen-bond acceptors (Lipinski definition) is 5. The molecule has 2 unspecified atom stereocenters. The van der Waals surface area contributed by atoms with E-state index in [1.54, 1.807) is 25.5 Å². The fourth-order valence-electron chi connectivity index (χ4n) is 2.65. The van der Waals surface area contributed by atoms with Crippen LogP contribution in [0.15, 0.2) is 46.8 Å². The van der Waals surface area contributed by atoms with E-state index in [9.17, 15) is 0 Å². The van der Waals surface area contributed by atoms with E-state index in [0.29, 0.717) is 12.6 Å². The van der Waals surface area contributed by atoms with Crippen LogP contribution >= 0.6 is 11.3 Å². The Balaban J connectivity index is 1.84. The molecule has 0 spiro atoms. The lowest BCUT2D eigenvalue weighted by molar-refractivity contribution is 0.213. The first-order valence-electron chi connectivity index (χ1n) is 8.99. The standard InChI is InChI=1S/C20H30N4O2S/c1-15(26-18-10-7-6-9-17(18)25-5)13-22-20(21-2)23-14-16(24(3)4)19-11-8-12-27-19/h6-12,15-16H,13-14H2,1-5H3,(H2,21,22,23). The van der Waals surface area contributed by atoms with Gasteiger partial charge in [-0.05, 0) is 44.6 Å². The molecule has 7 heteroatoms. The van der Waals surface area contributed by atoms with Gasteiger partial charge in [0.1, 0.15) is 6.10 Å². The Labute approximate surface area is 166 Å². The SMILES string of the molecule is CN=C(NCC(C)Oc1ccccc1OC)NCC(c1cccs1)N(C)C. The normalized spacial score (nSPS) is 13.9. The van der Waals surface area contributed by atoms with Crippen LogP contribution in [0.1, 0.15) is 17.8 Å². The van der Waals surface area contributed by atoms with Gasteiger partial charge in [0, 0.05) is 18.5 Å². The van der Waals surface area contributed by atoms with E-state index in [-0.39, 0.29) is 6.10 Å². The molecule has 0 aliphatic rings. The minimum Gasteiger partial charge on any atom is -0.493 e. The van der Waals surface area contributed by atoms with Crippen LogP contribution in [0.2, 0.25) is 0 Å². The first-order chi connectivity index (χ1) is 13.0. The number of methoxy groups -OCH3 is 1. The van der Waals surface area contributed by atoms with Crippen molar-refractivity contribution < 1.29 is 9.47 Å². The molecule has 0 bridgehead atoms. The van der Waals surface area contributed by atoms with Crippen LogP contribution in [-0.4, -0.2) is 58.3 Å². The van der Waals surface area contributed by atoms with Gasteiger partial charge in [-0.15, -0.1) is 11.3 Å². The minimum absolute atomic E-state index is 0.0400. The Bertz CT molecular complexity index is 704. The van der Waals surface area contributed by atoms with Crippen LogP contribution in [0, 0.1) is 0 Å². The van der Waals surface area contributed by atoms with Gasteiger partial charge >= 0.3 is 0 Å². The van der Waals surface area contributed by atoms with E-state index < -0.39 is 0 Å². The first kappa shape index (κ1) is 21.1. The minimum atomic E-state index is -0.0400. The van der Waals surface area contributed by atoms with Gasteiger partial charge in [0.2, 0.25) is 0 Å². The lowest BCUT2D eigenvalue weighted by Gasteiger charge is -2.25. The Morgan fingerprint density at radius 2 is 1.81 bits per heavy atom. The molecule has 0 saturated carbocycles. The predicted octanol–water partition coefficient (Wildman–Crippen LogP) is 2.99. The third kappa shape index (κ3) is 6.45. The summed E-state index contributed by atoms with van der Waals surface area (Å²) in [5, 5.41) is 8.84. The summed E-state index contributed by atoms with van der Waals surface area (Å²) in [6.07, 6.45) is -0.0400. The van der Waals surface area contributed by atoms with Gasteiger partial charge in [-0.1, -0.05) is 18.2 Å². The van der Waals surface area contributed by atoms with Crippen molar-refractivity contribution in [2.24, 2.45) is 4.99 Å². The number of benzene rings is 1. The number of likely N-dealkylation sites (N-methyl/N-ethyl adjacent to an activating group) is 1. The summed E-state index contributed by atoms with van der Waals surface area (Å²) in [5.41, 5.74) is 0. The zero-order valence-electron chi connectivity index (χ0n) is 16.7. The van der Waals surface area contributed by atoms with Gasteiger partial charge < -0.3 is 25.0 Å². The van der Waals surface area contributed by atoms with Crippen molar-refractivity contribution in [2.75, 3.05) is 41.3 Å². The van der Waals surface area contributed by atoms with Crippen LogP contribution in [-0.2, 0) is 0 Å². The third-order valence-corrected chi connectivity index (χ3v) is 5.11. The lowest BCUT2D eigenvalue weighted by atomic mass is 10.2. The van der Waals surface area contributed by atoms with Crippen molar-refractivity contribution in [2.45, 2.75) is 19.1 Å². The summed E-state index contributed by atoms with van der Waals surface area (Å²) in [6.45, 7) is 3.42. The van der Waals surface area contributed by atoms with E-state index in [4.69, 9.17) is 9.47 Å². The van der Waals surface area contributed by atoms with Crippen LogP contribution < -0.4 is 20.1 Å². The van der Waals surface area contributed by atoms with Gasteiger partial charge in [0.25, 0.3) is 0 Å². The van der Waals surface area contributed by atoms with Gasteiger partial charge in [0.15, 0.2) is 17.5 Å². The molecular weight excluding hydrogens is 360 g/mol. The maximum absolute atomic E-state index is 5.98. The largest absolute Gasteiger partial charge is 0.493 e. The molecule has 2 rings (SSSR count). The van der Waals surface area contributed by atoms with Gasteiger partial charge in [-0.25, -0.2) is 0 Å². The molecule has 1 heterocycles. The number of para-hydroxylation sites is 2. The predicted molar refractivity (Wildman–Crippen MR) is 113 cm³/mol. The van der Waals surface area contributed by atoms with Crippen LogP contribution in [0.25, 0.3) is 0 Å². The zero-order valence-corrected chi connectivity index (χ0v) is 17.5. The zero-order chi connectivity index (χ0) is 19.6. The van der Waals surface area contributed by atoms with E-state index in [0.717, 1.165) is 24.0 Å². The molecule has 0 fully saturated rings. The highest BCUT2D eigenvalue weighted by Crippen LogP contribution is 2.26. The summed E-state index contributed by atoms with van der Waals surface area (Å²) in [5.74, 6) is 2.23. The second-order valence-corrected chi connectivity index (χ2v) is 7.39. The number of guanidine groups is 1. The van der Waals surface area contributed by atoms with Crippen LogP contribution in [0.4, 0.5) is 0 Å². The van der Waals surface area contributed by atoms with Gasteiger partial charge in [-0.3, -0.25) is 4.99 Å². The number of nitrogens with one attached hydrogen (secondary N) is 2. The lowest BCUT2D eigenvalue weighted by Crippen LogP contribution is -2.44. The molecule has 0 radical (unpaired) electrons. The van der Waals surface area contributed by atoms with E-state index >= 15 is 0 Å². The summed E-state index contributed by atoms with van der Waals surface area (Å²) >= 11 is 1.77. The Kier molecular flexibility index (Phi) is 8.42. The van der Waals surface area contributed by atoms with Gasteiger partial charge in [-0.2, -0.15) is 0 Å². The quantitative estimate of drug-likeness (QED) is 0.509. The second kappa shape index (κ2) is 10.8. The average Bonchev–Trinajstić information content (AvgIpc) is 3.19. The third-order valence-electron chi connectivity index (χ3n) is 4.14. The fraction of sp³-hybridized carbons (Fsp3) is 0.450. The number of rotatable bonds is 9. The number of ether oxygens (including phenoxy) is 2. The smallest absolute Gasteiger partial charge is 0.191 e. The fourth-order valence-corrected chi connectivity index (χ4v) is 3.57. The van der Waals surface area contributed by atoms with E-state index in [2.05, 4.69) is 52.1 Å². The molecule has 1 aromatic heterocycles. The highest BCUT2D eigenvalue weighted by molar-refractivity contribution is 7.10. The van der Waals surface area contributed by atoms with Gasteiger partial charge in [0.05, 0.1) is 19.7 Å².